The molecule has 0 aliphatic carbocycles. The number of aromatic amines is 1. The van der Waals surface area contributed by atoms with Crippen molar-refractivity contribution in [2.75, 3.05) is 11.9 Å². The highest BCUT2D eigenvalue weighted by molar-refractivity contribution is 6.20. The van der Waals surface area contributed by atoms with Crippen LogP contribution in [0.1, 0.15) is 28.4 Å². The fourth-order valence-electron chi connectivity index (χ4n) is 2.91. The van der Waals surface area contributed by atoms with Gasteiger partial charge in [0.25, 0.3) is 11.5 Å². The van der Waals surface area contributed by atoms with E-state index in [4.69, 9.17) is 5.11 Å². The van der Waals surface area contributed by atoms with Crippen LogP contribution in [0.3, 0.4) is 0 Å². The molecule has 8 nitrogen and oxygen atoms in total. The Morgan fingerprint density at radius 1 is 1.00 bits per heavy atom. The molecule has 148 valence electrons. The summed E-state index contributed by atoms with van der Waals surface area (Å²) in [7, 11) is 1.48. The zero-order chi connectivity index (χ0) is 21.0. The number of hydrogen-bond donors (Lipinski definition) is 3. The van der Waals surface area contributed by atoms with Gasteiger partial charge in [0.15, 0.2) is 0 Å². The van der Waals surface area contributed by atoms with Gasteiger partial charge in [-0.3, -0.25) is 19.1 Å². The lowest BCUT2D eigenvalue weighted by Gasteiger charge is -2.19. The van der Waals surface area contributed by atoms with Crippen molar-refractivity contribution in [3.05, 3.63) is 92.1 Å². The number of hydrogen-bond acceptors (Lipinski definition) is 5. The molecule has 4 rings (SSSR count). The van der Waals surface area contributed by atoms with Gasteiger partial charge in [-0.15, -0.1) is 0 Å². The van der Waals surface area contributed by atoms with E-state index in [1.54, 1.807) is 31.2 Å². The first-order chi connectivity index (χ1) is 14.0. The average molecular weight is 392 g/mol. The number of aliphatic hydroxyl groups is 1. The first kappa shape index (κ1) is 20.0. The highest BCUT2D eigenvalue weighted by atomic mass is 16.2. The molecule has 0 unspecified atom stereocenters. The van der Waals surface area contributed by atoms with Crippen molar-refractivity contribution in [3.8, 4) is 0 Å². The highest BCUT2D eigenvalue weighted by Crippen LogP contribution is 2.27. The maximum absolute atomic E-state index is 12.6. The molecule has 0 radical (unpaired) electrons. The maximum Gasteiger partial charge on any atom is 0.329 e. The number of aliphatic hydroxyl groups excluding tert-OH is 1. The van der Waals surface area contributed by atoms with Crippen LogP contribution in [0.2, 0.25) is 0 Å². The number of aliphatic imine (C=N–C) groups is 1. The second kappa shape index (κ2) is 8.49. The minimum atomic E-state index is -0.615. The number of carbonyl (C=O) groups excluding carboxylic acids is 1. The molecule has 0 atom stereocenters. The molecule has 0 bridgehead atoms. The van der Waals surface area contributed by atoms with Crippen molar-refractivity contribution in [1.29, 1.82) is 0 Å². The summed E-state index contributed by atoms with van der Waals surface area (Å²) >= 11 is 0. The number of nitrogens with one attached hydrogen (secondary N) is 2. The largest absolute Gasteiger partial charge is 0.397 e. The van der Waals surface area contributed by atoms with E-state index in [1.165, 1.54) is 11.6 Å². The summed E-state index contributed by atoms with van der Waals surface area (Å²) in [5, 5.41) is 10.3. The van der Waals surface area contributed by atoms with Crippen LogP contribution in [0.4, 0.5) is 11.5 Å². The molecular weight excluding hydrogens is 372 g/mol. The monoisotopic (exact) mass is 392 g/mol. The molecule has 1 amide bonds. The smallest absolute Gasteiger partial charge is 0.329 e. The van der Waals surface area contributed by atoms with Gasteiger partial charge < -0.3 is 10.4 Å². The van der Waals surface area contributed by atoms with Crippen LogP contribution in [0, 0.1) is 0 Å². The number of rotatable bonds is 1. The standard InChI is InChI=1S/C19H14N4O3.C2H6O/c1-23-16-14(18(25)22-19(23)26)15(11-7-3-2-4-8-11)20-13-10-6-5-9-12(13)17(24)21-16;1-2-3/h2-10H,1H3,(H,21,24)(H,22,25,26);3H,2H2,1H3. The molecule has 2 aromatic carbocycles. The Morgan fingerprint density at radius 3 is 2.31 bits per heavy atom. The summed E-state index contributed by atoms with van der Waals surface area (Å²) in [4.78, 5) is 44.1. The second-order valence-corrected chi connectivity index (χ2v) is 6.16. The fraction of sp³-hybridized carbons (Fsp3) is 0.143. The van der Waals surface area contributed by atoms with Gasteiger partial charge >= 0.3 is 5.69 Å². The summed E-state index contributed by atoms with van der Waals surface area (Å²) in [5.41, 5.74) is 0.803. The van der Waals surface area contributed by atoms with Gasteiger partial charge in [-0.1, -0.05) is 42.5 Å². The molecule has 0 saturated heterocycles. The topological polar surface area (TPSA) is 117 Å². The van der Waals surface area contributed by atoms with Crippen molar-refractivity contribution < 1.29 is 9.90 Å². The number of benzene rings is 2. The van der Waals surface area contributed by atoms with Crippen LogP contribution in [0.5, 0.6) is 0 Å². The number of H-pyrrole nitrogens is 1. The highest BCUT2D eigenvalue weighted by Gasteiger charge is 2.25. The SMILES string of the molecule is CCO.Cn1c2c(c(=O)[nH]c1=O)C(c1ccccc1)=Nc1ccccc1C(=O)N2. The molecule has 0 spiro atoms. The van der Waals surface area contributed by atoms with E-state index >= 15 is 0 Å². The lowest BCUT2D eigenvalue weighted by Crippen LogP contribution is -2.37. The zero-order valence-corrected chi connectivity index (χ0v) is 16.0. The molecular formula is C21H20N4O4. The third kappa shape index (κ3) is 3.92. The van der Waals surface area contributed by atoms with Gasteiger partial charge in [0.2, 0.25) is 0 Å². The van der Waals surface area contributed by atoms with E-state index in [-0.39, 0.29) is 18.0 Å². The van der Waals surface area contributed by atoms with E-state index in [1.807, 2.05) is 30.3 Å². The molecule has 8 heteroatoms. The van der Waals surface area contributed by atoms with Crippen LogP contribution in [0.25, 0.3) is 0 Å². The van der Waals surface area contributed by atoms with E-state index in [9.17, 15) is 14.4 Å². The third-order valence-corrected chi connectivity index (χ3v) is 4.22. The van der Waals surface area contributed by atoms with E-state index in [0.717, 1.165) is 0 Å². The Morgan fingerprint density at radius 2 is 1.62 bits per heavy atom. The first-order valence-corrected chi connectivity index (χ1v) is 8.97. The van der Waals surface area contributed by atoms with Crippen LogP contribution in [-0.2, 0) is 7.05 Å². The number of nitrogens with zero attached hydrogens (tertiary/aromatic N) is 2. The minimum absolute atomic E-state index is 0.112. The number of aromatic nitrogens is 2. The van der Waals surface area contributed by atoms with Gasteiger partial charge in [0, 0.05) is 19.2 Å². The van der Waals surface area contributed by atoms with Gasteiger partial charge in [0.05, 0.1) is 17.0 Å². The van der Waals surface area contributed by atoms with Crippen molar-refractivity contribution in [1.82, 2.24) is 9.55 Å². The molecule has 0 fully saturated rings. The summed E-state index contributed by atoms with van der Waals surface area (Å²) in [6.45, 7) is 1.93. The number of fused-ring (bicyclic) bond motifs is 2. The molecule has 1 aliphatic rings. The molecule has 1 aliphatic heterocycles. The maximum atomic E-state index is 12.6. The van der Waals surface area contributed by atoms with E-state index < -0.39 is 17.2 Å². The van der Waals surface area contributed by atoms with E-state index in [2.05, 4.69) is 15.3 Å². The predicted octanol–water partition coefficient (Wildman–Crippen LogP) is 1.81. The lowest BCUT2D eigenvalue weighted by atomic mass is 10.0. The van der Waals surface area contributed by atoms with Crippen LogP contribution >= 0.6 is 0 Å². The van der Waals surface area contributed by atoms with Crippen LogP contribution in [0.15, 0.2) is 69.2 Å². The Hall–Kier alpha value is -3.78. The number of para-hydroxylation sites is 1. The Kier molecular flexibility index (Phi) is 5.85. The van der Waals surface area contributed by atoms with E-state index in [0.29, 0.717) is 22.5 Å². The predicted molar refractivity (Wildman–Crippen MR) is 111 cm³/mol. The summed E-state index contributed by atoms with van der Waals surface area (Å²) in [5.74, 6) is -0.320. The number of carbonyl (C=O) groups is 1. The summed E-state index contributed by atoms with van der Waals surface area (Å²) in [6.07, 6.45) is 0. The molecule has 0 saturated carbocycles. The second-order valence-electron chi connectivity index (χ2n) is 6.16. The minimum Gasteiger partial charge on any atom is -0.397 e. The van der Waals surface area contributed by atoms with Crippen molar-refractivity contribution in [3.63, 3.8) is 0 Å². The van der Waals surface area contributed by atoms with Gasteiger partial charge in [-0.2, -0.15) is 0 Å². The fourth-order valence-corrected chi connectivity index (χ4v) is 2.91. The van der Waals surface area contributed by atoms with Gasteiger partial charge in [-0.05, 0) is 19.1 Å². The van der Waals surface area contributed by atoms with Crippen molar-refractivity contribution >= 4 is 23.1 Å². The summed E-state index contributed by atoms with van der Waals surface area (Å²) < 4.78 is 1.20. The van der Waals surface area contributed by atoms with Gasteiger partial charge in [0.1, 0.15) is 11.4 Å². The quantitative estimate of drug-likeness (QED) is 0.585. The zero-order valence-electron chi connectivity index (χ0n) is 16.0. The number of anilines is 1. The van der Waals surface area contributed by atoms with Crippen molar-refractivity contribution in [2.24, 2.45) is 12.0 Å². The Balaban J connectivity index is 0.000000755. The lowest BCUT2D eigenvalue weighted by molar-refractivity contribution is 0.102. The molecule has 3 N–H and O–H groups in total. The Bertz CT molecular complexity index is 1190. The van der Waals surface area contributed by atoms with Crippen molar-refractivity contribution in [2.45, 2.75) is 6.92 Å². The molecule has 2 heterocycles. The molecule has 1 aromatic heterocycles. The number of amides is 1. The molecule has 29 heavy (non-hydrogen) atoms. The third-order valence-electron chi connectivity index (χ3n) is 4.22. The van der Waals surface area contributed by atoms with Crippen LogP contribution in [-0.4, -0.2) is 32.9 Å². The average Bonchev–Trinajstić information content (AvgIpc) is 2.71. The first-order valence-electron chi connectivity index (χ1n) is 8.97. The Labute approximate surface area is 166 Å². The molecule has 3 aromatic rings. The summed E-state index contributed by atoms with van der Waals surface area (Å²) in [6, 6.07) is 16.0. The van der Waals surface area contributed by atoms with Crippen LogP contribution < -0.4 is 16.6 Å². The van der Waals surface area contributed by atoms with Gasteiger partial charge in [-0.25, -0.2) is 9.79 Å². The normalized spacial score (nSPS) is 12.2.